The highest BCUT2D eigenvalue weighted by molar-refractivity contribution is 14.0. The summed E-state index contributed by atoms with van der Waals surface area (Å²) in [6.45, 7) is 6.79. The van der Waals surface area contributed by atoms with Crippen molar-refractivity contribution in [2.75, 3.05) is 51.2 Å². The van der Waals surface area contributed by atoms with Gasteiger partial charge in [-0.05, 0) is 31.5 Å². The van der Waals surface area contributed by atoms with E-state index in [2.05, 4.69) is 30.4 Å². The highest BCUT2D eigenvalue weighted by Crippen LogP contribution is 2.12. The fourth-order valence-electron chi connectivity index (χ4n) is 3.20. The molecule has 3 heterocycles. The molecule has 2 aromatic rings. The van der Waals surface area contributed by atoms with E-state index in [0.717, 1.165) is 56.5 Å². The van der Waals surface area contributed by atoms with Gasteiger partial charge in [0, 0.05) is 58.1 Å². The second-order valence-electron chi connectivity index (χ2n) is 6.68. The first kappa shape index (κ1) is 23.0. The number of aliphatic imine (C=N–C) groups is 1. The number of amides is 1. The maximum atomic E-state index is 12.0. The lowest BCUT2D eigenvalue weighted by molar-refractivity contribution is 0.0925. The van der Waals surface area contributed by atoms with Crippen molar-refractivity contribution < 1.29 is 9.21 Å². The highest BCUT2D eigenvalue weighted by atomic mass is 127. The first-order valence-corrected chi connectivity index (χ1v) is 9.63. The summed E-state index contributed by atoms with van der Waals surface area (Å²) >= 11 is 0. The fraction of sp³-hybridized carbons (Fsp3) is 0.450. The zero-order chi connectivity index (χ0) is 19.8. The number of hydrogen-bond donors (Lipinski definition) is 2. The zero-order valence-electron chi connectivity index (χ0n) is 16.9. The number of aromatic nitrogens is 1. The van der Waals surface area contributed by atoms with Crippen molar-refractivity contribution in [2.24, 2.45) is 4.99 Å². The van der Waals surface area contributed by atoms with E-state index in [1.54, 1.807) is 13.1 Å². The van der Waals surface area contributed by atoms with E-state index in [4.69, 9.17) is 4.42 Å². The Morgan fingerprint density at radius 3 is 2.55 bits per heavy atom. The maximum absolute atomic E-state index is 12.0. The van der Waals surface area contributed by atoms with Crippen LogP contribution in [-0.2, 0) is 0 Å². The fourth-order valence-corrected chi connectivity index (χ4v) is 3.20. The zero-order valence-corrected chi connectivity index (χ0v) is 19.3. The van der Waals surface area contributed by atoms with Crippen molar-refractivity contribution in [3.8, 4) is 0 Å². The molecule has 0 spiro atoms. The average molecular weight is 512 g/mol. The molecule has 9 heteroatoms. The minimum Gasteiger partial charge on any atom is -0.459 e. The molecule has 29 heavy (non-hydrogen) atoms. The first-order chi connectivity index (χ1) is 13.7. The number of nitrogens with one attached hydrogen (secondary N) is 2. The first-order valence-electron chi connectivity index (χ1n) is 9.63. The van der Waals surface area contributed by atoms with Crippen LogP contribution in [0.3, 0.4) is 0 Å². The van der Waals surface area contributed by atoms with Crippen LogP contribution in [0.2, 0.25) is 0 Å². The van der Waals surface area contributed by atoms with Gasteiger partial charge in [-0.3, -0.25) is 9.79 Å². The lowest BCUT2D eigenvalue weighted by Gasteiger charge is -2.37. The third-order valence-corrected chi connectivity index (χ3v) is 4.75. The van der Waals surface area contributed by atoms with E-state index in [-0.39, 0.29) is 29.9 Å². The molecule has 0 unspecified atom stereocenters. The van der Waals surface area contributed by atoms with Crippen molar-refractivity contribution >= 4 is 41.7 Å². The van der Waals surface area contributed by atoms with Gasteiger partial charge in [0.2, 0.25) is 0 Å². The molecule has 0 aliphatic carbocycles. The van der Waals surface area contributed by atoms with Gasteiger partial charge in [-0.25, -0.2) is 4.98 Å². The third-order valence-electron chi connectivity index (χ3n) is 4.75. The predicted octanol–water partition coefficient (Wildman–Crippen LogP) is 2.12. The molecular formula is C20H29IN6O2. The number of carbonyl (C=O) groups excluding carboxylic acids is 1. The Bertz CT molecular complexity index is 787. The molecular weight excluding hydrogens is 483 g/mol. The van der Waals surface area contributed by atoms with E-state index in [1.165, 1.54) is 6.26 Å². The van der Waals surface area contributed by atoms with Crippen LogP contribution in [0.4, 0.5) is 5.82 Å². The van der Waals surface area contributed by atoms with Crippen LogP contribution in [0, 0.1) is 6.92 Å². The molecule has 1 aliphatic rings. The summed E-state index contributed by atoms with van der Waals surface area (Å²) in [6.07, 6.45) is 4.16. The molecule has 0 radical (unpaired) electrons. The summed E-state index contributed by atoms with van der Waals surface area (Å²) in [4.78, 5) is 25.4. The van der Waals surface area contributed by atoms with Crippen molar-refractivity contribution in [1.29, 1.82) is 0 Å². The van der Waals surface area contributed by atoms with E-state index in [9.17, 15) is 4.79 Å². The summed E-state index contributed by atoms with van der Waals surface area (Å²) in [7, 11) is 1.80. The smallest absolute Gasteiger partial charge is 0.287 e. The van der Waals surface area contributed by atoms with E-state index >= 15 is 0 Å². The molecule has 8 nitrogen and oxygen atoms in total. The molecule has 0 atom stereocenters. The van der Waals surface area contributed by atoms with Crippen LogP contribution in [0.5, 0.6) is 0 Å². The molecule has 2 aromatic heterocycles. The van der Waals surface area contributed by atoms with Crippen molar-refractivity contribution in [3.05, 3.63) is 48.0 Å². The lowest BCUT2D eigenvalue weighted by atomic mass is 10.2. The molecule has 0 saturated carbocycles. The quantitative estimate of drug-likeness (QED) is 0.267. The number of halogens is 1. The van der Waals surface area contributed by atoms with Crippen LogP contribution in [-0.4, -0.2) is 68.1 Å². The van der Waals surface area contributed by atoms with E-state index < -0.39 is 0 Å². The monoisotopic (exact) mass is 512 g/mol. The number of furan rings is 1. The van der Waals surface area contributed by atoms with Crippen LogP contribution >= 0.6 is 24.0 Å². The number of guanidine groups is 1. The molecule has 1 fully saturated rings. The Morgan fingerprint density at radius 1 is 1.17 bits per heavy atom. The number of nitrogens with zero attached hydrogens (tertiary/aromatic N) is 4. The number of anilines is 1. The van der Waals surface area contributed by atoms with Crippen LogP contribution in [0.25, 0.3) is 0 Å². The molecule has 1 saturated heterocycles. The standard InChI is InChI=1S/C20H28N6O2.HI/c1-16-7-15-28-18(16)19(27)23-9-5-10-24-20(21-2)26-13-11-25(12-14-26)17-6-3-4-8-22-17;/h3-4,6-8,15H,5,9-14H2,1-2H3,(H,21,24)(H,23,27);1H. The highest BCUT2D eigenvalue weighted by Gasteiger charge is 2.20. The molecule has 1 amide bonds. The number of hydrogen-bond acceptors (Lipinski definition) is 5. The van der Waals surface area contributed by atoms with Crippen LogP contribution in [0.15, 0.2) is 46.1 Å². The number of carbonyl (C=O) groups is 1. The Hall–Kier alpha value is -2.30. The second kappa shape index (κ2) is 11.6. The topological polar surface area (TPSA) is 86.0 Å². The molecule has 158 valence electrons. The third kappa shape index (κ3) is 6.34. The van der Waals surface area contributed by atoms with Crippen LogP contribution < -0.4 is 15.5 Å². The average Bonchev–Trinajstić information content (AvgIpc) is 3.17. The van der Waals surface area contributed by atoms with Crippen LogP contribution in [0.1, 0.15) is 22.5 Å². The summed E-state index contributed by atoms with van der Waals surface area (Å²) in [5, 5.41) is 6.26. The van der Waals surface area contributed by atoms with Crippen molar-refractivity contribution in [2.45, 2.75) is 13.3 Å². The predicted molar refractivity (Wildman–Crippen MR) is 125 cm³/mol. The Labute approximate surface area is 188 Å². The van der Waals surface area contributed by atoms with Gasteiger partial charge in [0.25, 0.3) is 5.91 Å². The van der Waals surface area contributed by atoms with Gasteiger partial charge in [-0.2, -0.15) is 0 Å². The van der Waals surface area contributed by atoms with Gasteiger partial charge in [0.05, 0.1) is 6.26 Å². The largest absolute Gasteiger partial charge is 0.459 e. The summed E-state index contributed by atoms with van der Waals surface area (Å²) in [5.41, 5.74) is 0.848. The molecule has 0 aromatic carbocycles. The van der Waals surface area contributed by atoms with Gasteiger partial charge >= 0.3 is 0 Å². The molecule has 2 N–H and O–H groups in total. The molecule has 0 bridgehead atoms. The van der Waals surface area contributed by atoms with Gasteiger partial charge in [0.1, 0.15) is 5.82 Å². The Morgan fingerprint density at radius 2 is 1.93 bits per heavy atom. The van der Waals surface area contributed by atoms with Gasteiger partial charge in [-0.1, -0.05) is 6.07 Å². The SMILES string of the molecule is CN=C(NCCCNC(=O)c1occc1C)N1CCN(c2ccccn2)CC1.I. The summed E-state index contributed by atoms with van der Waals surface area (Å²) < 4.78 is 5.20. The second-order valence-corrected chi connectivity index (χ2v) is 6.68. The van der Waals surface area contributed by atoms with E-state index in [1.807, 2.05) is 31.3 Å². The van der Waals surface area contributed by atoms with Crippen molar-refractivity contribution in [3.63, 3.8) is 0 Å². The number of piperazine rings is 1. The Kier molecular flexibility index (Phi) is 9.23. The summed E-state index contributed by atoms with van der Waals surface area (Å²) in [5.74, 6) is 2.13. The molecule has 3 rings (SSSR count). The number of pyridine rings is 1. The lowest BCUT2D eigenvalue weighted by Crippen LogP contribution is -2.53. The minimum absolute atomic E-state index is 0. The van der Waals surface area contributed by atoms with Gasteiger partial charge < -0.3 is 24.9 Å². The Balaban J connectivity index is 0.00000300. The normalized spacial score (nSPS) is 14.3. The minimum atomic E-state index is -0.169. The number of rotatable bonds is 6. The van der Waals surface area contributed by atoms with Gasteiger partial charge in [-0.15, -0.1) is 24.0 Å². The maximum Gasteiger partial charge on any atom is 0.287 e. The number of aryl methyl sites for hydroxylation is 1. The van der Waals surface area contributed by atoms with E-state index in [0.29, 0.717) is 12.3 Å². The summed E-state index contributed by atoms with van der Waals surface area (Å²) in [6, 6.07) is 7.78. The van der Waals surface area contributed by atoms with Gasteiger partial charge in [0.15, 0.2) is 11.7 Å². The van der Waals surface area contributed by atoms with Crippen molar-refractivity contribution in [1.82, 2.24) is 20.5 Å². The molecule has 1 aliphatic heterocycles.